The van der Waals surface area contributed by atoms with Gasteiger partial charge in [0.05, 0.1) is 13.1 Å². The molecule has 1 atom stereocenters. The van der Waals surface area contributed by atoms with Crippen LogP contribution in [0.3, 0.4) is 0 Å². The first kappa shape index (κ1) is 16.5. The molecule has 1 aliphatic heterocycles. The van der Waals surface area contributed by atoms with Crippen molar-refractivity contribution in [2.75, 3.05) is 33.2 Å². The van der Waals surface area contributed by atoms with Gasteiger partial charge in [0.25, 0.3) is 0 Å². The molecule has 0 aliphatic carbocycles. The summed E-state index contributed by atoms with van der Waals surface area (Å²) >= 11 is 0. The summed E-state index contributed by atoms with van der Waals surface area (Å²) in [7, 11) is 2.16. The Morgan fingerprint density at radius 2 is 2.29 bits per heavy atom. The number of terminal acetylenes is 1. The van der Waals surface area contributed by atoms with E-state index in [2.05, 4.69) is 40.4 Å². The Morgan fingerprint density at radius 3 is 2.82 bits per heavy atom. The molecule has 1 aliphatic rings. The molecule has 98 valence electrons. The van der Waals surface area contributed by atoms with Crippen molar-refractivity contribution in [3.05, 3.63) is 0 Å². The van der Waals surface area contributed by atoms with Crippen LogP contribution >= 0.6 is 24.0 Å². The van der Waals surface area contributed by atoms with Gasteiger partial charge in [-0.05, 0) is 33.4 Å². The summed E-state index contributed by atoms with van der Waals surface area (Å²) in [5.41, 5.74) is 0. The first-order valence-electron chi connectivity index (χ1n) is 5.93. The fraction of sp³-hybridized carbons (Fsp3) is 0.750. The van der Waals surface area contributed by atoms with E-state index >= 15 is 0 Å². The van der Waals surface area contributed by atoms with E-state index in [9.17, 15) is 0 Å². The molecule has 1 fully saturated rings. The second kappa shape index (κ2) is 9.54. The monoisotopic (exact) mass is 350 g/mol. The number of likely N-dealkylation sites (N-methyl/N-ethyl adjacent to an activating group) is 1. The average molecular weight is 350 g/mol. The zero-order valence-corrected chi connectivity index (χ0v) is 13.0. The minimum Gasteiger partial charge on any atom is -0.357 e. The highest BCUT2D eigenvalue weighted by molar-refractivity contribution is 14.0. The van der Waals surface area contributed by atoms with Crippen molar-refractivity contribution >= 4 is 29.9 Å². The highest BCUT2D eigenvalue weighted by Crippen LogP contribution is 2.14. The van der Waals surface area contributed by atoms with Crippen LogP contribution < -0.4 is 10.6 Å². The second-order valence-electron chi connectivity index (χ2n) is 4.05. The van der Waals surface area contributed by atoms with Gasteiger partial charge in [0.1, 0.15) is 0 Å². The molecule has 4 nitrogen and oxygen atoms in total. The van der Waals surface area contributed by atoms with Crippen molar-refractivity contribution < 1.29 is 0 Å². The quantitative estimate of drug-likeness (QED) is 0.342. The van der Waals surface area contributed by atoms with Crippen LogP contribution in [0.25, 0.3) is 0 Å². The predicted molar refractivity (Wildman–Crippen MR) is 83.9 cm³/mol. The van der Waals surface area contributed by atoms with Crippen LogP contribution in [0.15, 0.2) is 4.99 Å². The zero-order valence-electron chi connectivity index (χ0n) is 10.7. The molecular formula is C12H23IN4. The molecular weight excluding hydrogens is 327 g/mol. The lowest BCUT2D eigenvalue weighted by Crippen LogP contribution is -2.38. The summed E-state index contributed by atoms with van der Waals surface area (Å²) in [6.07, 6.45) is 7.74. The van der Waals surface area contributed by atoms with Crippen molar-refractivity contribution in [3.8, 4) is 12.3 Å². The predicted octanol–water partition coefficient (Wildman–Crippen LogP) is 0.887. The molecule has 1 rings (SSSR count). The van der Waals surface area contributed by atoms with Crippen LogP contribution in [0.1, 0.15) is 19.8 Å². The third-order valence-electron chi connectivity index (χ3n) is 2.83. The minimum absolute atomic E-state index is 0. The smallest absolute Gasteiger partial charge is 0.192 e. The lowest BCUT2D eigenvalue weighted by molar-refractivity contribution is 0.317. The number of aliphatic imine (C=N–C) groups is 1. The number of halogens is 1. The first-order valence-corrected chi connectivity index (χ1v) is 5.93. The van der Waals surface area contributed by atoms with E-state index < -0.39 is 0 Å². The molecule has 0 aromatic carbocycles. The number of likely N-dealkylation sites (tertiary alicyclic amines) is 1. The summed E-state index contributed by atoms with van der Waals surface area (Å²) < 4.78 is 0. The Bertz CT molecular complexity index is 272. The Kier molecular flexibility index (Phi) is 9.27. The van der Waals surface area contributed by atoms with Gasteiger partial charge >= 0.3 is 0 Å². The topological polar surface area (TPSA) is 39.7 Å². The average Bonchev–Trinajstić information content (AvgIpc) is 2.68. The maximum Gasteiger partial charge on any atom is 0.192 e. The fourth-order valence-electron chi connectivity index (χ4n) is 1.88. The van der Waals surface area contributed by atoms with Crippen LogP contribution in [-0.2, 0) is 0 Å². The first-order chi connectivity index (χ1) is 7.77. The van der Waals surface area contributed by atoms with Gasteiger partial charge < -0.3 is 15.5 Å². The lowest BCUT2D eigenvalue weighted by Gasteiger charge is -2.18. The summed E-state index contributed by atoms with van der Waals surface area (Å²) in [5.74, 6) is 3.37. The fourth-order valence-corrected chi connectivity index (χ4v) is 1.88. The molecule has 5 heteroatoms. The summed E-state index contributed by atoms with van der Waals surface area (Å²) in [6, 6.07) is 0.585. The van der Waals surface area contributed by atoms with E-state index in [1.807, 2.05) is 0 Å². The van der Waals surface area contributed by atoms with Crippen molar-refractivity contribution in [2.24, 2.45) is 4.99 Å². The lowest BCUT2D eigenvalue weighted by atomic mass is 10.2. The van der Waals surface area contributed by atoms with E-state index in [1.54, 1.807) is 0 Å². The third-order valence-corrected chi connectivity index (χ3v) is 2.83. The van der Waals surface area contributed by atoms with Gasteiger partial charge in [-0.3, -0.25) is 4.99 Å². The van der Waals surface area contributed by atoms with E-state index in [0.717, 1.165) is 19.0 Å². The zero-order chi connectivity index (χ0) is 11.8. The molecule has 0 amide bonds. The molecule has 0 radical (unpaired) electrons. The molecule has 1 saturated heterocycles. The normalized spacial score (nSPS) is 20.5. The number of rotatable bonds is 4. The molecule has 0 spiro atoms. The van der Waals surface area contributed by atoms with Crippen molar-refractivity contribution in [2.45, 2.75) is 25.8 Å². The Hall–Kier alpha value is -0.480. The van der Waals surface area contributed by atoms with E-state index in [1.165, 1.54) is 19.4 Å². The van der Waals surface area contributed by atoms with Gasteiger partial charge in [0.2, 0.25) is 0 Å². The third kappa shape index (κ3) is 6.13. The number of guanidine groups is 1. The molecule has 17 heavy (non-hydrogen) atoms. The van der Waals surface area contributed by atoms with Crippen molar-refractivity contribution in [1.82, 2.24) is 15.5 Å². The van der Waals surface area contributed by atoms with Crippen LogP contribution in [0.5, 0.6) is 0 Å². The van der Waals surface area contributed by atoms with Gasteiger partial charge in [-0.2, -0.15) is 0 Å². The highest BCUT2D eigenvalue weighted by atomic mass is 127. The number of hydrogen-bond acceptors (Lipinski definition) is 2. The van der Waals surface area contributed by atoms with Crippen molar-refractivity contribution in [1.29, 1.82) is 0 Å². The molecule has 0 saturated carbocycles. The number of nitrogens with zero attached hydrogens (tertiary/aromatic N) is 2. The Morgan fingerprint density at radius 1 is 1.53 bits per heavy atom. The summed E-state index contributed by atoms with van der Waals surface area (Å²) in [5, 5.41) is 6.27. The molecule has 0 bridgehead atoms. The molecule has 0 aromatic heterocycles. The van der Waals surface area contributed by atoms with Gasteiger partial charge in [-0.15, -0.1) is 30.4 Å². The molecule has 1 unspecified atom stereocenters. The SMILES string of the molecule is C#CCNC(=NCC1CCCN1C)NCC.I. The molecule has 1 heterocycles. The maximum absolute atomic E-state index is 5.21. The Balaban J connectivity index is 0.00000256. The molecule has 2 N–H and O–H groups in total. The summed E-state index contributed by atoms with van der Waals surface area (Å²) in [6.45, 7) is 5.46. The van der Waals surface area contributed by atoms with Crippen LogP contribution in [-0.4, -0.2) is 50.1 Å². The van der Waals surface area contributed by atoms with Crippen molar-refractivity contribution in [3.63, 3.8) is 0 Å². The maximum atomic E-state index is 5.21. The number of nitrogens with one attached hydrogen (secondary N) is 2. The van der Waals surface area contributed by atoms with Gasteiger partial charge in [-0.1, -0.05) is 5.92 Å². The largest absolute Gasteiger partial charge is 0.357 e. The van der Waals surface area contributed by atoms with Crippen LogP contribution in [0, 0.1) is 12.3 Å². The van der Waals surface area contributed by atoms with E-state index in [-0.39, 0.29) is 24.0 Å². The minimum atomic E-state index is 0. The van der Waals surface area contributed by atoms with Gasteiger partial charge in [0.15, 0.2) is 5.96 Å². The number of hydrogen-bond donors (Lipinski definition) is 2. The van der Waals surface area contributed by atoms with Gasteiger partial charge in [0, 0.05) is 12.6 Å². The van der Waals surface area contributed by atoms with E-state index in [4.69, 9.17) is 6.42 Å². The van der Waals surface area contributed by atoms with Crippen LogP contribution in [0.2, 0.25) is 0 Å². The molecule has 0 aromatic rings. The Labute approximate surface area is 122 Å². The van der Waals surface area contributed by atoms with E-state index in [0.29, 0.717) is 12.6 Å². The van der Waals surface area contributed by atoms with Gasteiger partial charge in [-0.25, -0.2) is 0 Å². The standard InChI is InChI=1S/C12H22N4.HI/c1-4-8-14-12(13-5-2)15-10-11-7-6-9-16(11)3;/h1,11H,5-10H2,2-3H3,(H2,13,14,15);1H. The van der Waals surface area contributed by atoms with Crippen LogP contribution in [0.4, 0.5) is 0 Å². The second-order valence-corrected chi connectivity index (χ2v) is 4.05. The summed E-state index contributed by atoms with van der Waals surface area (Å²) in [4.78, 5) is 6.91. The highest BCUT2D eigenvalue weighted by Gasteiger charge is 2.20.